The van der Waals surface area contributed by atoms with Crippen LogP contribution < -0.4 is 9.47 Å². The molecule has 5 nitrogen and oxygen atoms in total. The van der Waals surface area contributed by atoms with Gasteiger partial charge in [-0.15, -0.1) is 0 Å². The monoisotopic (exact) mass is 379 g/mol. The van der Waals surface area contributed by atoms with Gasteiger partial charge >= 0.3 is 5.97 Å². The van der Waals surface area contributed by atoms with Crippen molar-refractivity contribution in [3.8, 4) is 11.5 Å². The number of nitrogens with zero attached hydrogens (tertiary/aromatic N) is 1. The van der Waals surface area contributed by atoms with Crippen molar-refractivity contribution in [1.29, 1.82) is 0 Å². The first-order chi connectivity index (χ1) is 13.7. The van der Waals surface area contributed by atoms with Gasteiger partial charge in [0.05, 0.1) is 17.8 Å². The number of hydrogen-bond acceptors (Lipinski definition) is 4. The SMILES string of the molecule is O=C(O)CCCCCCOc1ccccc1OCc1ccc2ccccc2n1. The number of pyridine rings is 1. The summed E-state index contributed by atoms with van der Waals surface area (Å²) in [5.41, 5.74) is 1.82. The molecule has 0 radical (unpaired) electrons. The lowest BCUT2D eigenvalue weighted by atomic mass is 10.1. The molecule has 0 amide bonds. The number of ether oxygens (including phenoxy) is 2. The molecule has 0 fully saturated rings. The van der Waals surface area contributed by atoms with Crippen LogP contribution in [-0.2, 0) is 11.4 Å². The second kappa shape index (κ2) is 10.3. The van der Waals surface area contributed by atoms with Crippen LogP contribution in [0.15, 0.2) is 60.7 Å². The zero-order chi connectivity index (χ0) is 19.6. The molecular formula is C23H25NO4. The molecule has 0 aliphatic rings. The molecule has 0 saturated heterocycles. The van der Waals surface area contributed by atoms with E-state index in [0.717, 1.165) is 35.9 Å². The molecule has 0 unspecified atom stereocenters. The minimum atomic E-state index is -0.733. The van der Waals surface area contributed by atoms with E-state index in [1.165, 1.54) is 0 Å². The van der Waals surface area contributed by atoms with E-state index in [-0.39, 0.29) is 6.42 Å². The summed E-state index contributed by atoms with van der Waals surface area (Å²) >= 11 is 0. The van der Waals surface area contributed by atoms with Crippen molar-refractivity contribution in [2.45, 2.75) is 38.7 Å². The molecule has 2 aromatic carbocycles. The molecule has 0 saturated carbocycles. The van der Waals surface area contributed by atoms with E-state index in [2.05, 4.69) is 4.98 Å². The molecule has 0 spiro atoms. The Kier molecular flexibility index (Phi) is 7.24. The van der Waals surface area contributed by atoms with Crippen molar-refractivity contribution in [2.24, 2.45) is 0 Å². The highest BCUT2D eigenvalue weighted by Gasteiger charge is 2.06. The number of rotatable bonds is 11. The number of benzene rings is 2. The van der Waals surface area contributed by atoms with Crippen molar-refractivity contribution < 1.29 is 19.4 Å². The highest BCUT2D eigenvalue weighted by atomic mass is 16.5. The molecule has 3 aromatic rings. The number of aromatic nitrogens is 1. The van der Waals surface area contributed by atoms with Crippen molar-refractivity contribution in [3.05, 3.63) is 66.4 Å². The van der Waals surface area contributed by atoms with Crippen LogP contribution in [0.25, 0.3) is 10.9 Å². The van der Waals surface area contributed by atoms with Crippen LogP contribution in [-0.4, -0.2) is 22.7 Å². The van der Waals surface area contributed by atoms with Crippen molar-refractivity contribution in [3.63, 3.8) is 0 Å². The lowest BCUT2D eigenvalue weighted by Gasteiger charge is -2.12. The molecule has 28 heavy (non-hydrogen) atoms. The van der Waals surface area contributed by atoms with Crippen LogP contribution in [0.5, 0.6) is 11.5 Å². The largest absolute Gasteiger partial charge is 0.490 e. The summed E-state index contributed by atoms with van der Waals surface area (Å²) < 4.78 is 11.8. The van der Waals surface area contributed by atoms with Gasteiger partial charge in [-0.3, -0.25) is 4.79 Å². The zero-order valence-corrected chi connectivity index (χ0v) is 15.8. The summed E-state index contributed by atoms with van der Waals surface area (Å²) in [5.74, 6) is 0.681. The number of carboxylic acid groups (broad SMARTS) is 1. The minimum absolute atomic E-state index is 0.236. The Bertz CT molecular complexity index is 910. The highest BCUT2D eigenvalue weighted by molar-refractivity contribution is 5.78. The standard InChI is InChI=1S/C23H25NO4/c25-23(26)13-3-1-2-8-16-27-21-11-6-7-12-22(21)28-17-19-15-14-18-9-4-5-10-20(18)24-19/h4-7,9-12,14-15H,1-3,8,13,16-17H2,(H,25,26). The lowest BCUT2D eigenvalue weighted by Crippen LogP contribution is -2.03. The fraction of sp³-hybridized carbons (Fsp3) is 0.304. The average Bonchev–Trinajstić information content (AvgIpc) is 2.72. The van der Waals surface area contributed by atoms with Gasteiger partial charge in [-0.2, -0.15) is 0 Å². The Hall–Kier alpha value is -3.08. The van der Waals surface area contributed by atoms with Crippen LogP contribution in [0.2, 0.25) is 0 Å². The molecule has 1 aromatic heterocycles. The number of hydrogen-bond donors (Lipinski definition) is 1. The summed E-state index contributed by atoms with van der Waals surface area (Å²) in [6.07, 6.45) is 3.70. The fourth-order valence-corrected chi connectivity index (χ4v) is 2.94. The molecule has 0 aliphatic heterocycles. The van der Waals surface area contributed by atoms with Gasteiger partial charge in [0.25, 0.3) is 0 Å². The summed E-state index contributed by atoms with van der Waals surface area (Å²) in [6, 6.07) is 19.7. The number of fused-ring (bicyclic) bond motifs is 1. The Morgan fingerprint density at radius 3 is 2.36 bits per heavy atom. The van der Waals surface area contributed by atoms with Gasteiger partial charge in [-0.1, -0.05) is 49.2 Å². The molecule has 146 valence electrons. The summed E-state index contributed by atoms with van der Waals surface area (Å²) in [7, 11) is 0. The third-order valence-electron chi connectivity index (χ3n) is 4.42. The molecule has 0 bridgehead atoms. The van der Waals surface area contributed by atoms with Crippen molar-refractivity contribution in [1.82, 2.24) is 4.98 Å². The van der Waals surface area contributed by atoms with Crippen LogP contribution >= 0.6 is 0 Å². The summed E-state index contributed by atoms with van der Waals surface area (Å²) in [6.45, 7) is 0.960. The molecule has 3 rings (SSSR count). The summed E-state index contributed by atoms with van der Waals surface area (Å²) in [4.78, 5) is 15.1. The Balaban J connectivity index is 1.48. The molecular weight excluding hydrogens is 354 g/mol. The Morgan fingerprint density at radius 2 is 1.54 bits per heavy atom. The van der Waals surface area contributed by atoms with E-state index in [4.69, 9.17) is 14.6 Å². The van der Waals surface area contributed by atoms with E-state index in [0.29, 0.717) is 31.1 Å². The van der Waals surface area contributed by atoms with Crippen LogP contribution in [0.4, 0.5) is 0 Å². The number of aliphatic carboxylic acids is 1. The third-order valence-corrected chi connectivity index (χ3v) is 4.42. The number of para-hydroxylation sites is 3. The van der Waals surface area contributed by atoms with Gasteiger partial charge in [0.1, 0.15) is 6.61 Å². The first kappa shape index (κ1) is 19.7. The molecule has 5 heteroatoms. The molecule has 0 aliphatic carbocycles. The Morgan fingerprint density at radius 1 is 0.821 bits per heavy atom. The van der Waals surface area contributed by atoms with Gasteiger partial charge in [0.15, 0.2) is 11.5 Å². The van der Waals surface area contributed by atoms with Gasteiger partial charge < -0.3 is 14.6 Å². The maximum Gasteiger partial charge on any atom is 0.303 e. The summed E-state index contributed by atoms with van der Waals surface area (Å²) in [5, 5.41) is 9.75. The molecule has 0 atom stereocenters. The molecule has 1 heterocycles. The second-order valence-electron chi connectivity index (χ2n) is 6.64. The Labute approximate surface area is 164 Å². The average molecular weight is 379 g/mol. The zero-order valence-electron chi connectivity index (χ0n) is 15.8. The first-order valence-corrected chi connectivity index (χ1v) is 9.63. The number of carbonyl (C=O) groups is 1. The fourth-order valence-electron chi connectivity index (χ4n) is 2.94. The van der Waals surface area contributed by atoms with Gasteiger partial charge in [0, 0.05) is 11.8 Å². The second-order valence-corrected chi connectivity index (χ2v) is 6.64. The topological polar surface area (TPSA) is 68.7 Å². The van der Waals surface area contributed by atoms with Crippen molar-refractivity contribution in [2.75, 3.05) is 6.61 Å². The van der Waals surface area contributed by atoms with E-state index >= 15 is 0 Å². The maximum absolute atomic E-state index is 10.5. The van der Waals surface area contributed by atoms with Crippen LogP contribution in [0.1, 0.15) is 37.8 Å². The highest BCUT2D eigenvalue weighted by Crippen LogP contribution is 2.27. The van der Waals surface area contributed by atoms with Gasteiger partial charge in [0.2, 0.25) is 0 Å². The van der Waals surface area contributed by atoms with E-state index < -0.39 is 5.97 Å². The molecule has 1 N–H and O–H groups in total. The van der Waals surface area contributed by atoms with E-state index in [1.807, 2.05) is 60.7 Å². The lowest BCUT2D eigenvalue weighted by molar-refractivity contribution is -0.137. The number of carboxylic acids is 1. The van der Waals surface area contributed by atoms with Crippen LogP contribution in [0, 0.1) is 0 Å². The predicted octanol–water partition coefficient (Wildman–Crippen LogP) is 5.23. The quantitative estimate of drug-likeness (QED) is 0.462. The minimum Gasteiger partial charge on any atom is -0.490 e. The third kappa shape index (κ3) is 5.98. The van der Waals surface area contributed by atoms with Crippen LogP contribution in [0.3, 0.4) is 0 Å². The smallest absolute Gasteiger partial charge is 0.303 e. The van der Waals surface area contributed by atoms with E-state index in [1.54, 1.807) is 0 Å². The van der Waals surface area contributed by atoms with Gasteiger partial charge in [-0.25, -0.2) is 4.98 Å². The first-order valence-electron chi connectivity index (χ1n) is 9.63. The van der Waals surface area contributed by atoms with E-state index in [9.17, 15) is 4.79 Å². The van der Waals surface area contributed by atoms with Gasteiger partial charge in [-0.05, 0) is 37.1 Å². The van der Waals surface area contributed by atoms with Crippen molar-refractivity contribution >= 4 is 16.9 Å². The predicted molar refractivity (Wildman–Crippen MR) is 109 cm³/mol. The maximum atomic E-state index is 10.5. The normalized spacial score (nSPS) is 10.7. The number of unbranched alkanes of at least 4 members (excludes halogenated alkanes) is 3.